The molecule has 3 aromatic carbocycles. The molecule has 1 fully saturated rings. The van der Waals surface area contributed by atoms with E-state index in [0.717, 1.165) is 36.1 Å². The van der Waals surface area contributed by atoms with Crippen LogP contribution in [0.5, 0.6) is 5.75 Å². The summed E-state index contributed by atoms with van der Waals surface area (Å²) in [6.07, 6.45) is 2.81. The Bertz CT molecular complexity index is 1250. The SMILES string of the molecule is COc1ccc(C(C)(C)C)cc1CNC1CCC(c2ccccc2)N1C(=O)C[C@H]1OCCc2ccccc21. The van der Waals surface area contributed by atoms with Gasteiger partial charge in [0.1, 0.15) is 5.75 Å². The van der Waals surface area contributed by atoms with Crippen LogP contribution < -0.4 is 10.1 Å². The lowest BCUT2D eigenvalue weighted by Gasteiger charge is -2.34. The van der Waals surface area contributed by atoms with Crippen LogP contribution >= 0.6 is 0 Å². The molecule has 38 heavy (non-hydrogen) atoms. The molecule has 0 spiro atoms. The highest BCUT2D eigenvalue weighted by Gasteiger charge is 2.39. The Morgan fingerprint density at radius 2 is 1.79 bits per heavy atom. The fourth-order valence-corrected chi connectivity index (χ4v) is 5.88. The summed E-state index contributed by atoms with van der Waals surface area (Å²) in [6, 6.07) is 25.3. The third-order valence-corrected chi connectivity index (χ3v) is 7.98. The summed E-state index contributed by atoms with van der Waals surface area (Å²) in [4.78, 5) is 16.1. The van der Waals surface area contributed by atoms with Gasteiger partial charge in [0, 0.05) is 12.1 Å². The first-order valence-corrected chi connectivity index (χ1v) is 13.8. The second-order valence-electron chi connectivity index (χ2n) is 11.5. The lowest BCUT2D eigenvalue weighted by atomic mass is 9.86. The van der Waals surface area contributed by atoms with Gasteiger partial charge in [-0.15, -0.1) is 0 Å². The Balaban J connectivity index is 1.38. The summed E-state index contributed by atoms with van der Waals surface area (Å²) < 4.78 is 11.8. The van der Waals surface area contributed by atoms with Gasteiger partial charge in [0.05, 0.1) is 38.4 Å². The number of benzene rings is 3. The van der Waals surface area contributed by atoms with Gasteiger partial charge in [-0.3, -0.25) is 10.1 Å². The molecule has 0 aliphatic carbocycles. The minimum atomic E-state index is -0.200. The minimum absolute atomic E-state index is 0.0443. The lowest BCUT2D eigenvalue weighted by molar-refractivity contribution is -0.138. The summed E-state index contributed by atoms with van der Waals surface area (Å²) in [5.41, 5.74) is 6.05. The van der Waals surface area contributed by atoms with Crippen LogP contribution in [-0.2, 0) is 27.9 Å². The lowest BCUT2D eigenvalue weighted by Crippen LogP contribution is -2.46. The van der Waals surface area contributed by atoms with Crippen LogP contribution in [0.4, 0.5) is 0 Å². The minimum Gasteiger partial charge on any atom is -0.496 e. The van der Waals surface area contributed by atoms with E-state index in [9.17, 15) is 4.79 Å². The largest absolute Gasteiger partial charge is 0.496 e. The fraction of sp³-hybridized carbons (Fsp3) is 0.424. The highest BCUT2D eigenvalue weighted by molar-refractivity contribution is 5.78. The van der Waals surface area contributed by atoms with Crippen LogP contribution in [-0.4, -0.2) is 30.7 Å². The second kappa shape index (κ2) is 11.3. The van der Waals surface area contributed by atoms with E-state index in [0.29, 0.717) is 19.6 Å². The van der Waals surface area contributed by atoms with Gasteiger partial charge in [0.15, 0.2) is 0 Å². The molecule has 3 aromatic rings. The summed E-state index contributed by atoms with van der Waals surface area (Å²) >= 11 is 0. The number of likely N-dealkylation sites (tertiary alicyclic amines) is 1. The Kier molecular flexibility index (Phi) is 7.87. The van der Waals surface area contributed by atoms with Gasteiger partial charge in [0.2, 0.25) is 5.91 Å². The first-order valence-electron chi connectivity index (χ1n) is 13.8. The average Bonchev–Trinajstić information content (AvgIpc) is 3.36. The van der Waals surface area contributed by atoms with Gasteiger partial charge in [-0.1, -0.05) is 87.5 Å². The van der Waals surface area contributed by atoms with Gasteiger partial charge >= 0.3 is 0 Å². The van der Waals surface area contributed by atoms with Gasteiger partial charge in [0.25, 0.3) is 0 Å². The van der Waals surface area contributed by atoms with E-state index < -0.39 is 0 Å². The third-order valence-electron chi connectivity index (χ3n) is 7.98. The molecule has 0 radical (unpaired) electrons. The number of nitrogens with zero attached hydrogens (tertiary/aromatic N) is 1. The van der Waals surface area contributed by atoms with Crippen LogP contribution in [0, 0.1) is 0 Å². The maximum atomic E-state index is 14.0. The standard InChI is InChI=1S/C33H40N2O3/c1-33(2,3)26-14-16-29(37-4)25(20-26)22-34-31-17-15-28(24-11-6-5-7-12-24)35(31)32(36)21-30-27-13-9-8-10-23(27)18-19-38-30/h5-14,16,20,28,30-31,34H,15,17-19,21-22H2,1-4H3/t28?,30-,31?/m1/s1. The van der Waals surface area contributed by atoms with E-state index in [1.165, 1.54) is 16.7 Å². The van der Waals surface area contributed by atoms with E-state index in [1.54, 1.807) is 7.11 Å². The van der Waals surface area contributed by atoms with Gasteiger partial charge < -0.3 is 14.4 Å². The summed E-state index contributed by atoms with van der Waals surface area (Å²) in [5.74, 6) is 0.999. The van der Waals surface area contributed by atoms with E-state index in [4.69, 9.17) is 9.47 Å². The zero-order chi connectivity index (χ0) is 26.7. The van der Waals surface area contributed by atoms with Gasteiger partial charge in [-0.25, -0.2) is 0 Å². The molecule has 2 aliphatic heterocycles. The number of rotatable bonds is 7. The average molecular weight is 513 g/mol. The summed E-state index contributed by atoms with van der Waals surface area (Å²) in [7, 11) is 1.72. The molecule has 0 aromatic heterocycles. The molecule has 1 amide bonds. The first kappa shape index (κ1) is 26.5. The Morgan fingerprint density at radius 3 is 2.55 bits per heavy atom. The van der Waals surface area contributed by atoms with E-state index in [1.807, 2.05) is 12.1 Å². The maximum Gasteiger partial charge on any atom is 0.227 e. The molecule has 5 nitrogen and oxygen atoms in total. The molecule has 2 heterocycles. The summed E-state index contributed by atoms with van der Waals surface area (Å²) in [5, 5.41) is 3.72. The monoisotopic (exact) mass is 512 g/mol. The molecular formula is C33H40N2O3. The molecule has 200 valence electrons. The number of hydrogen-bond acceptors (Lipinski definition) is 4. The zero-order valence-corrected chi connectivity index (χ0v) is 23.1. The Labute approximate surface area is 227 Å². The molecule has 1 saturated heterocycles. The van der Waals surface area contributed by atoms with Crippen LogP contribution in [0.3, 0.4) is 0 Å². The van der Waals surface area contributed by atoms with Crippen molar-refractivity contribution in [2.45, 2.75) is 76.7 Å². The van der Waals surface area contributed by atoms with Crippen molar-refractivity contribution in [1.82, 2.24) is 10.2 Å². The van der Waals surface area contributed by atoms with Crippen molar-refractivity contribution in [2.24, 2.45) is 0 Å². The Hall–Kier alpha value is -3.15. The maximum absolute atomic E-state index is 14.0. The fourth-order valence-electron chi connectivity index (χ4n) is 5.88. The van der Waals surface area contributed by atoms with Crippen LogP contribution in [0.2, 0.25) is 0 Å². The van der Waals surface area contributed by atoms with Crippen LogP contribution in [0.25, 0.3) is 0 Å². The van der Waals surface area contributed by atoms with E-state index in [-0.39, 0.29) is 29.6 Å². The van der Waals surface area contributed by atoms with Crippen molar-refractivity contribution in [3.05, 3.63) is 101 Å². The van der Waals surface area contributed by atoms with Crippen molar-refractivity contribution in [3.63, 3.8) is 0 Å². The molecule has 2 unspecified atom stereocenters. The highest BCUT2D eigenvalue weighted by atomic mass is 16.5. The molecule has 3 atom stereocenters. The predicted molar refractivity (Wildman–Crippen MR) is 151 cm³/mol. The molecular weight excluding hydrogens is 472 g/mol. The number of fused-ring (bicyclic) bond motifs is 1. The molecule has 0 saturated carbocycles. The number of nitrogens with one attached hydrogen (secondary N) is 1. The smallest absolute Gasteiger partial charge is 0.227 e. The quantitative estimate of drug-likeness (QED) is 0.394. The number of methoxy groups -OCH3 is 1. The van der Waals surface area contributed by atoms with Crippen LogP contribution in [0.1, 0.15) is 80.0 Å². The Morgan fingerprint density at radius 1 is 1.03 bits per heavy atom. The van der Waals surface area contributed by atoms with Crippen molar-refractivity contribution < 1.29 is 14.3 Å². The molecule has 1 N–H and O–H groups in total. The van der Waals surface area contributed by atoms with Crippen molar-refractivity contribution in [1.29, 1.82) is 0 Å². The van der Waals surface area contributed by atoms with E-state index in [2.05, 4.69) is 91.7 Å². The molecule has 5 heteroatoms. The normalized spacial score (nSPS) is 21.3. The van der Waals surface area contributed by atoms with Crippen molar-refractivity contribution in [3.8, 4) is 5.75 Å². The van der Waals surface area contributed by atoms with E-state index >= 15 is 0 Å². The third kappa shape index (κ3) is 5.64. The van der Waals surface area contributed by atoms with Gasteiger partial charge in [-0.2, -0.15) is 0 Å². The molecule has 2 aliphatic rings. The van der Waals surface area contributed by atoms with Crippen LogP contribution in [0.15, 0.2) is 72.8 Å². The van der Waals surface area contributed by atoms with Gasteiger partial charge in [-0.05, 0) is 53.0 Å². The number of hydrogen-bond donors (Lipinski definition) is 1. The topological polar surface area (TPSA) is 50.8 Å². The number of amides is 1. The van der Waals surface area contributed by atoms with Crippen molar-refractivity contribution in [2.75, 3.05) is 13.7 Å². The number of carbonyl (C=O) groups is 1. The second-order valence-corrected chi connectivity index (χ2v) is 11.5. The predicted octanol–water partition coefficient (Wildman–Crippen LogP) is 6.48. The zero-order valence-electron chi connectivity index (χ0n) is 23.1. The first-order chi connectivity index (χ1) is 18.3. The molecule has 5 rings (SSSR count). The highest BCUT2D eigenvalue weighted by Crippen LogP contribution is 2.38. The number of ether oxygens (including phenoxy) is 2. The van der Waals surface area contributed by atoms with Crippen molar-refractivity contribution >= 4 is 5.91 Å². The number of carbonyl (C=O) groups excluding carboxylic acids is 1. The summed E-state index contributed by atoms with van der Waals surface area (Å²) in [6.45, 7) is 7.95. The molecule has 0 bridgehead atoms.